The van der Waals surface area contributed by atoms with Crippen molar-refractivity contribution >= 4 is 17.6 Å². The first-order valence-electron chi connectivity index (χ1n) is 8.09. The third-order valence-electron chi connectivity index (χ3n) is 4.44. The van der Waals surface area contributed by atoms with Crippen LogP contribution in [0.15, 0.2) is 48.5 Å². The van der Waals surface area contributed by atoms with Crippen molar-refractivity contribution in [3.05, 3.63) is 70.2 Å². The molecule has 0 saturated carbocycles. The van der Waals surface area contributed by atoms with Gasteiger partial charge in [-0.05, 0) is 41.7 Å². The topological polar surface area (TPSA) is 61.4 Å². The molecule has 1 atom stereocenters. The Labute approximate surface area is 146 Å². The second-order valence-corrected chi connectivity index (χ2v) is 6.77. The zero-order chi connectivity index (χ0) is 17.0. The van der Waals surface area contributed by atoms with Crippen LogP contribution in [0, 0.1) is 0 Å². The molecule has 0 heterocycles. The highest BCUT2D eigenvalue weighted by Gasteiger charge is 2.32. The lowest BCUT2D eigenvalue weighted by molar-refractivity contribution is 0.0291. The Kier molecular flexibility index (Phi) is 5.07. The zero-order valence-electron chi connectivity index (χ0n) is 13.4. The van der Waals surface area contributed by atoms with Crippen LogP contribution in [0.4, 0.5) is 4.79 Å². The molecule has 2 aromatic rings. The summed E-state index contributed by atoms with van der Waals surface area (Å²) in [4.78, 5) is 12.0. The van der Waals surface area contributed by atoms with E-state index >= 15 is 0 Å². The van der Waals surface area contributed by atoms with Crippen molar-refractivity contribution < 1.29 is 9.90 Å². The summed E-state index contributed by atoms with van der Waals surface area (Å²) in [5.41, 5.74) is 2.54. The highest BCUT2D eigenvalue weighted by atomic mass is 35.5. The molecular formula is C19H21ClN2O2. The number of benzene rings is 2. The summed E-state index contributed by atoms with van der Waals surface area (Å²) < 4.78 is 0. The van der Waals surface area contributed by atoms with Crippen LogP contribution in [0.1, 0.15) is 23.1 Å². The van der Waals surface area contributed by atoms with Crippen molar-refractivity contribution in [3.63, 3.8) is 0 Å². The summed E-state index contributed by atoms with van der Waals surface area (Å²) >= 11 is 5.83. The van der Waals surface area contributed by atoms with E-state index < -0.39 is 5.60 Å². The third kappa shape index (κ3) is 4.28. The second kappa shape index (κ2) is 7.24. The molecule has 0 radical (unpaired) electrons. The van der Waals surface area contributed by atoms with E-state index in [9.17, 15) is 9.90 Å². The standard InChI is InChI=1S/C19H21ClN2O2/c20-17-7-5-14(6-8-17)12-21-18(23)22-13-19(24)10-9-15-3-1-2-4-16(15)11-19/h1-8,24H,9-13H2,(H2,21,22,23)/t19-/m1/s1. The Hall–Kier alpha value is -2.04. The van der Waals surface area contributed by atoms with Crippen LogP contribution in [0.3, 0.4) is 0 Å². The number of carbonyl (C=O) groups is 1. The minimum Gasteiger partial charge on any atom is -0.388 e. The molecule has 2 aromatic carbocycles. The Morgan fingerprint density at radius 2 is 1.79 bits per heavy atom. The number of aryl methyl sites for hydroxylation is 1. The van der Waals surface area contributed by atoms with Crippen molar-refractivity contribution in [2.24, 2.45) is 0 Å². The first-order chi connectivity index (χ1) is 11.5. The summed E-state index contributed by atoms with van der Waals surface area (Å²) in [5.74, 6) is 0. The average molecular weight is 345 g/mol. The monoisotopic (exact) mass is 344 g/mol. The average Bonchev–Trinajstić information content (AvgIpc) is 2.59. The minimum atomic E-state index is -0.883. The number of urea groups is 1. The number of halogens is 1. The molecule has 0 spiro atoms. The first-order valence-corrected chi connectivity index (χ1v) is 8.47. The maximum absolute atomic E-state index is 12.0. The fourth-order valence-electron chi connectivity index (χ4n) is 3.03. The van der Waals surface area contributed by atoms with E-state index in [0.29, 0.717) is 24.4 Å². The largest absolute Gasteiger partial charge is 0.388 e. The Balaban J connectivity index is 1.48. The molecule has 0 aromatic heterocycles. The number of hydrogen-bond acceptors (Lipinski definition) is 2. The summed E-state index contributed by atoms with van der Waals surface area (Å²) in [5, 5.41) is 17.0. The van der Waals surface area contributed by atoms with Gasteiger partial charge < -0.3 is 15.7 Å². The van der Waals surface area contributed by atoms with Crippen LogP contribution in [0.2, 0.25) is 5.02 Å². The van der Waals surface area contributed by atoms with E-state index in [1.807, 2.05) is 30.3 Å². The van der Waals surface area contributed by atoms with Crippen molar-refractivity contribution in [2.45, 2.75) is 31.4 Å². The van der Waals surface area contributed by atoms with E-state index in [0.717, 1.165) is 17.5 Å². The molecule has 0 unspecified atom stereocenters. The van der Waals surface area contributed by atoms with E-state index in [1.54, 1.807) is 12.1 Å². The van der Waals surface area contributed by atoms with E-state index in [4.69, 9.17) is 11.6 Å². The van der Waals surface area contributed by atoms with Crippen LogP contribution in [0.5, 0.6) is 0 Å². The molecular weight excluding hydrogens is 324 g/mol. The van der Waals surface area contributed by atoms with Crippen LogP contribution in [-0.2, 0) is 19.4 Å². The second-order valence-electron chi connectivity index (χ2n) is 6.33. The summed E-state index contributed by atoms with van der Waals surface area (Å²) in [6.07, 6.45) is 2.06. The third-order valence-corrected chi connectivity index (χ3v) is 4.69. The SMILES string of the molecule is O=C(NCc1ccc(Cl)cc1)NC[C@@]1(O)CCc2ccccc2C1. The lowest BCUT2D eigenvalue weighted by Gasteiger charge is -2.33. The predicted molar refractivity (Wildman–Crippen MR) is 95.1 cm³/mol. The molecule has 2 amide bonds. The molecule has 0 bridgehead atoms. The van der Waals surface area contributed by atoms with Gasteiger partial charge in [-0.25, -0.2) is 4.79 Å². The van der Waals surface area contributed by atoms with Gasteiger partial charge in [-0.2, -0.15) is 0 Å². The van der Waals surface area contributed by atoms with Crippen LogP contribution in [-0.4, -0.2) is 23.3 Å². The number of fused-ring (bicyclic) bond motifs is 1. The normalized spacial score (nSPS) is 19.4. The van der Waals surface area contributed by atoms with Gasteiger partial charge >= 0.3 is 6.03 Å². The fourth-order valence-corrected chi connectivity index (χ4v) is 3.15. The van der Waals surface area contributed by atoms with E-state index in [2.05, 4.69) is 16.7 Å². The van der Waals surface area contributed by atoms with Gasteiger partial charge in [0, 0.05) is 24.5 Å². The summed E-state index contributed by atoms with van der Waals surface area (Å²) in [6.45, 7) is 0.665. The molecule has 3 N–H and O–H groups in total. The lowest BCUT2D eigenvalue weighted by Crippen LogP contribution is -2.49. The molecule has 0 aliphatic heterocycles. The number of hydrogen-bond donors (Lipinski definition) is 3. The number of nitrogens with one attached hydrogen (secondary N) is 2. The molecule has 1 aliphatic rings. The van der Waals surface area contributed by atoms with Crippen molar-refractivity contribution in [3.8, 4) is 0 Å². The van der Waals surface area contributed by atoms with Crippen LogP contribution >= 0.6 is 11.6 Å². The van der Waals surface area contributed by atoms with Crippen molar-refractivity contribution in [2.75, 3.05) is 6.54 Å². The molecule has 126 valence electrons. The summed E-state index contributed by atoms with van der Waals surface area (Å²) in [6, 6.07) is 15.2. The maximum atomic E-state index is 12.0. The molecule has 3 rings (SSSR count). The van der Waals surface area contributed by atoms with Gasteiger partial charge in [0.2, 0.25) is 0 Å². The molecule has 1 aliphatic carbocycles. The van der Waals surface area contributed by atoms with E-state index in [1.165, 1.54) is 5.56 Å². The van der Waals surface area contributed by atoms with Gasteiger partial charge in [-0.1, -0.05) is 48.0 Å². The van der Waals surface area contributed by atoms with Gasteiger partial charge in [-0.15, -0.1) is 0 Å². The quantitative estimate of drug-likeness (QED) is 0.798. The molecule has 5 heteroatoms. The van der Waals surface area contributed by atoms with Crippen LogP contribution in [0.25, 0.3) is 0 Å². The number of rotatable bonds is 4. The van der Waals surface area contributed by atoms with Crippen molar-refractivity contribution in [1.82, 2.24) is 10.6 Å². The first kappa shape index (κ1) is 16.8. The van der Waals surface area contributed by atoms with E-state index in [-0.39, 0.29) is 12.6 Å². The fraction of sp³-hybridized carbons (Fsp3) is 0.316. The van der Waals surface area contributed by atoms with Gasteiger partial charge in [0.15, 0.2) is 0 Å². The van der Waals surface area contributed by atoms with Gasteiger partial charge in [0.05, 0.1) is 5.60 Å². The molecule has 24 heavy (non-hydrogen) atoms. The van der Waals surface area contributed by atoms with Gasteiger partial charge in [-0.3, -0.25) is 0 Å². The summed E-state index contributed by atoms with van der Waals surface area (Å²) in [7, 11) is 0. The Morgan fingerprint density at radius 3 is 2.54 bits per heavy atom. The van der Waals surface area contributed by atoms with Gasteiger partial charge in [0.1, 0.15) is 0 Å². The van der Waals surface area contributed by atoms with Gasteiger partial charge in [0.25, 0.3) is 0 Å². The molecule has 4 nitrogen and oxygen atoms in total. The molecule has 0 saturated heterocycles. The number of aliphatic hydroxyl groups is 1. The minimum absolute atomic E-state index is 0.244. The highest BCUT2D eigenvalue weighted by molar-refractivity contribution is 6.30. The number of carbonyl (C=O) groups excluding carboxylic acids is 1. The van der Waals surface area contributed by atoms with Crippen molar-refractivity contribution in [1.29, 1.82) is 0 Å². The number of amides is 2. The predicted octanol–water partition coefficient (Wildman–Crippen LogP) is 3.06. The zero-order valence-corrected chi connectivity index (χ0v) is 14.1. The van der Waals surface area contributed by atoms with Crippen LogP contribution < -0.4 is 10.6 Å². The Morgan fingerprint density at radius 1 is 1.08 bits per heavy atom. The maximum Gasteiger partial charge on any atom is 0.315 e. The smallest absolute Gasteiger partial charge is 0.315 e. The molecule has 0 fully saturated rings. The highest BCUT2D eigenvalue weighted by Crippen LogP contribution is 2.28. The lowest BCUT2D eigenvalue weighted by atomic mass is 9.80. The Bertz CT molecular complexity index is 718.